The molecule has 0 aliphatic heterocycles. The lowest BCUT2D eigenvalue weighted by Gasteiger charge is -2.05. The van der Waals surface area contributed by atoms with Gasteiger partial charge in [-0.3, -0.25) is 0 Å². The number of nitrogens with two attached hydrogens (primary N) is 2. The molecular weight excluding hydrogens is 241 g/mol. The highest BCUT2D eigenvalue weighted by Gasteiger charge is 2.30. The first-order valence-corrected chi connectivity index (χ1v) is 5.13. The summed E-state index contributed by atoms with van der Waals surface area (Å²) in [7, 11) is 0. The van der Waals surface area contributed by atoms with Crippen LogP contribution in [0.15, 0.2) is 54.6 Å². The first-order chi connectivity index (χ1) is 8.39. The van der Waals surface area contributed by atoms with Crippen molar-refractivity contribution < 1.29 is 13.2 Å². The summed E-state index contributed by atoms with van der Waals surface area (Å²) < 4.78 is 35.7. The van der Waals surface area contributed by atoms with Gasteiger partial charge in [0.2, 0.25) is 0 Å². The maximum Gasteiger partial charge on any atom is 0.416 e. The molecule has 5 heteroatoms. The van der Waals surface area contributed by atoms with E-state index in [0.717, 1.165) is 17.8 Å². The Morgan fingerprint density at radius 2 is 1.28 bits per heavy atom. The highest BCUT2D eigenvalue weighted by atomic mass is 19.4. The summed E-state index contributed by atoms with van der Waals surface area (Å²) >= 11 is 0. The second-order valence-corrected chi connectivity index (χ2v) is 3.53. The van der Waals surface area contributed by atoms with Crippen molar-refractivity contribution in [2.75, 3.05) is 11.5 Å². The minimum atomic E-state index is -4.30. The maximum atomic E-state index is 11.9. The third kappa shape index (κ3) is 4.78. The van der Waals surface area contributed by atoms with E-state index in [4.69, 9.17) is 11.5 Å². The van der Waals surface area contributed by atoms with E-state index in [2.05, 4.69) is 0 Å². The first-order valence-electron chi connectivity index (χ1n) is 5.13. The van der Waals surface area contributed by atoms with Crippen LogP contribution in [0.1, 0.15) is 5.56 Å². The summed E-state index contributed by atoms with van der Waals surface area (Å²) in [6.07, 6.45) is -4.30. The molecule has 0 radical (unpaired) electrons. The number of alkyl halides is 3. The molecule has 0 amide bonds. The van der Waals surface area contributed by atoms with E-state index in [-0.39, 0.29) is 5.69 Å². The summed E-state index contributed by atoms with van der Waals surface area (Å²) in [5.74, 6) is 0. The van der Waals surface area contributed by atoms with Crippen molar-refractivity contribution in [2.45, 2.75) is 6.18 Å². The van der Waals surface area contributed by atoms with E-state index in [1.807, 2.05) is 30.3 Å². The van der Waals surface area contributed by atoms with Crippen molar-refractivity contribution >= 4 is 11.4 Å². The number of hydrogen-bond donors (Lipinski definition) is 2. The van der Waals surface area contributed by atoms with Gasteiger partial charge in [0.05, 0.1) is 5.56 Å². The molecule has 18 heavy (non-hydrogen) atoms. The van der Waals surface area contributed by atoms with Gasteiger partial charge in [0, 0.05) is 11.4 Å². The van der Waals surface area contributed by atoms with E-state index in [1.54, 1.807) is 0 Å². The van der Waals surface area contributed by atoms with Gasteiger partial charge >= 0.3 is 6.18 Å². The van der Waals surface area contributed by atoms with Crippen LogP contribution in [0.25, 0.3) is 0 Å². The Kier molecular flexibility index (Phi) is 4.59. The first kappa shape index (κ1) is 13.9. The van der Waals surface area contributed by atoms with Gasteiger partial charge in [0.15, 0.2) is 0 Å². The SMILES string of the molecule is Nc1cccc(C(F)(F)F)c1.Nc1ccccc1. The van der Waals surface area contributed by atoms with Crippen LogP contribution in [0.2, 0.25) is 0 Å². The fourth-order valence-electron chi connectivity index (χ4n) is 1.17. The van der Waals surface area contributed by atoms with Crippen molar-refractivity contribution in [3.05, 3.63) is 60.2 Å². The Morgan fingerprint density at radius 1 is 0.722 bits per heavy atom. The third-order valence-corrected chi connectivity index (χ3v) is 2.01. The summed E-state index contributed by atoms with van der Waals surface area (Å²) in [4.78, 5) is 0. The molecule has 0 saturated carbocycles. The number of nitrogen functional groups attached to an aromatic ring is 2. The monoisotopic (exact) mass is 254 g/mol. The molecule has 0 fully saturated rings. The van der Waals surface area contributed by atoms with Crippen molar-refractivity contribution in [2.24, 2.45) is 0 Å². The second-order valence-electron chi connectivity index (χ2n) is 3.53. The Labute approximate surface area is 103 Å². The zero-order chi connectivity index (χ0) is 13.6. The minimum Gasteiger partial charge on any atom is -0.399 e. The number of halogens is 3. The molecule has 0 aliphatic rings. The third-order valence-electron chi connectivity index (χ3n) is 2.01. The van der Waals surface area contributed by atoms with E-state index >= 15 is 0 Å². The Bertz CT molecular complexity index is 481. The second kappa shape index (κ2) is 5.95. The van der Waals surface area contributed by atoms with Crippen molar-refractivity contribution in [3.63, 3.8) is 0 Å². The number of rotatable bonds is 0. The van der Waals surface area contributed by atoms with Gasteiger partial charge in [0.1, 0.15) is 0 Å². The molecule has 4 N–H and O–H groups in total. The Balaban J connectivity index is 0.000000199. The van der Waals surface area contributed by atoms with Crippen LogP contribution in [0.5, 0.6) is 0 Å². The molecule has 2 nitrogen and oxygen atoms in total. The van der Waals surface area contributed by atoms with E-state index in [0.29, 0.717) is 0 Å². The smallest absolute Gasteiger partial charge is 0.399 e. The minimum absolute atomic E-state index is 0.125. The van der Waals surface area contributed by atoms with Gasteiger partial charge in [0.25, 0.3) is 0 Å². The maximum absolute atomic E-state index is 11.9. The Hall–Kier alpha value is -2.17. The van der Waals surface area contributed by atoms with Crippen LogP contribution in [-0.2, 0) is 6.18 Å². The largest absolute Gasteiger partial charge is 0.416 e. The average Bonchev–Trinajstić information content (AvgIpc) is 2.30. The summed E-state index contributed by atoms with van der Waals surface area (Å²) in [5, 5.41) is 0. The van der Waals surface area contributed by atoms with Crippen LogP contribution in [-0.4, -0.2) is 0 Å². The number of benzene rings is 2. The fraction of sp³-hybridized carbons (Fsp3) is 0.0769. The number of para-hydroxylation sites is 1. The van der Waals surface area contributed by atoms with Gasteiger partial charge in [-0.2, -0.15) is 13.2 Å². The average molecular weight is 254 g/mol. The lowest BCUT2D eigenvalue weighted by molar-refractivity contribution is -0.137. The highest BCUT2D eigenvalue weighted by Crippen LogP contribution is 2.29. The molecule has 2 aromatic rings. The van der Waals surface area contributed by atoms with Crippen LogP contribution in [0.3, 0.4) is 0 Å². The topological polar surface area (TPSA) is 52.0 Å². The molecule has 0 heterocycles. The molecule has 0 unspecified atom stereocenters. The number of hydrogen-bond acceptors (Lipinski definition) is 2. The van der Waals surface area contributed by atoms with Gasteiger partial charge in [-0.25, -0.2) is 0 Å². The van der Waals surface area contributed by atoms with Crippen LogP contribution in [0, 0.1) is 0 Å². The van der Waals surface area contributed by atoms with Gasteiger partial charge in [-0.15, -0.1) is 0 Å². The van der Waals surface area contributed by atoms with E-state index < -0.39 is 11.7 Å². The van der Waals surface area contributed by atoms with Crippen LogP contribution < -0.4 is 11.5 Å². The molecule has 0 aliphatic carbocycles. The molecule has 2 rings (SSSR count). The van der Waals surface area contributed by atoms with Crippen LogP contribution >= 0.6 is 0 Å². The fourth-order valence-corrected chi connectivity index (χ4v) is 1.17. The highest BCUT2D eigenvalue weighted by molar-refractivity contribution is 5.41. The summed E-state index contributed by atoms with van der Waals surface area (Å²) in [6, 6.07) is 14.1. The Morgan fingerprint density at radius 3 is 1.61 bits per heavy atom. The molecule has 96 valence electrons. The summed E-state index contributed by atoms with van der Waals surface area (Å²) in [5.41, 5.74) is 10.7. The predicted octanol–water partition coefficient (Wildman–Crippen LogP) is 3.56. The molecule has 0 spiro atoms. The lowest BCUT2D eigenvalue weighted by Crippen LogP contribution is -2.04. The normalized spacial score (nSPS) is 10.4. The van der Waals surface area contributed by atoms with Gasteiger partial charge in [-0.1, -0.05) is 24.3 Å². The van der Waals surface area contributed by atoms with E-state index in [9.17, 15) is 13.2 Å². The predicted molar refractivity (Wildman–Crippen MR) is 66.7 cm³/mol. The molecule has 2 aromatic carbocycles. The van der Waals surface area contributed by atoms with Crippen molar-refractivity contribution in [1.82, 2.24) is 0 Å². The zero-order valence-electron chi connectivity index (χ0n) is 9.48. The molecule has 0 atom stereocenters. The van der Waals surface area contributed by atoms with Gasteiger partial charge < -0.3 is 11.5 Å². The van der Waals surface area contributed by atoms with E-state index in [1.165, 1.54) is 12.1 Å². The molecule has 0 aromatic heterocycles. The van der Waals surface area contributed by atoms with Crippen LogP contribution in [0.4, 0.5) is 24.5 Å². The van der Waals surface area contributed by atoms with Gasteiger partial charge in [-0.05, 0) is 30.3 Å². The molecular formula is C13H13F3N2. The molecule has 0 saturated heterocycles. The summed E-state index contributed by atoms with van der Waals surface area (Å²) in [6.45, 7) is 0. The van der Waals surface area contributed by atoms with Crippen molar-refractivity contribution in [1.29, 1.82) is 0 Å². The molecule has 0 bridgehead atoms. The quantitative estimate of drug-likeness (QED) is 0.706. The standard InChI is InChI=1S/C7H6F3N.C6H7N/c8-7(9,10)5-2-1-3-6(11)4-5;7-6-4-2-1-3-5-6/h1-4H,11H2;1-5H,7H2. The number of anilines is 2. The lowest BCUT2D eigenvalue weighted by atomic mass is 10.2. The zero-order valence-corrected chi connectivity index (χ0v) is 9.48. The van der Waals surface area contributed by atoms with Crippen molar-refractivity contribution in [3.8, 4) is 0 Å².